The first-order valence-electron chi connectivity index (χ1n) is 6.70. The smallest absolute Gasteiger partial charge is 0.186 e. The van der Waals surface area contributed by atoms with Gasteiger partial charge in [-0.1, -0.05) is 18.5 Å². The number of hydrogen-bond donors (Lipinski definition) is 1. The zero-order valence-electron chi connectivity index (χ0n) is 12.0. The Hall–Kier alpha value is -1.53. The second-order valence-corrected chi connectivity index (χ2v) is 7.13. The summed E-state index contributed by atoms with van der Waals surface area (Å²) < 4.78 is 26.8. The van der Waals surface area contributed by atoms with Crippen molar-refractivity contribution in [3.63, 3.8) is 0 Å². The highest BCUT2D eigenvalue weighted by Crippen LogP contribution is 2.25. The van der Waals surface area contributed by atoms with E-state index >= 15 is 0 Å². The summed E-state index contributed by atoms with van der Waals surface area (Å²) in [6.07, 6.45) is 0.767. The van der Waals surface area contributed by atoms with Crippen LogP contribution in [-0.4, -0.2) is 18.2 Å². The number of nitrogens with two attached hydrogens (primary N) is 1. The number of benzene rings is 1. The monoisotopic (exact) mass is 327 g/mol. The lowest BCUT2D eigenvalue weighted by atomic mass is 10.3. The van der Waals surface area contributed by atoms with Crippen LogP contribution < -0.4 is 5.73 Å². The van der Waals surface area contributed by atoms with Crippen molar-refractivity contribution in [2.45, 2.75) is 37.5 Å². The van der Waals surface area contributed by atoms with Crippen LogP contribution in [0, 0.1) is 0 Å². The van der Waals surface area contributed by atoms with Gasteiger partial charge in [-0.3, -0.25) is 4.68 Å². The number of hydrogen-bond acceptors (Lipinski definition) is 4. The van der Waals surface area contributed by atoms with E-state index < -0.39 is 9.84 Å². The summed E-state index contributed by atoms with van der Waals surface area (Å²) in [6.45, 7) is 4.54. The molecular weight excluding hydrogens is 310 g/mol. The Labute approximate surface area is 129 Å². The summed E-state index contributed by atoms with van der Waals surface area (Å²) in [5.41, 5.74) is 7.50. The first kappa shape index (κ1) is 15.9. The van der Waals surface area contributed by atoms with Crippen molar-refractivity contribution < 1.29 is 8.42 Å². The van der Waals surface area contributed by atoms with Crippen molar-refractivity contribution in [2.75, 3.05) is 5.73 Å². The molecule has 0 amide bonds. The maximum atomic E-state index is 12.5. The second-order valence-electron chi connectivity index (χ2n) is 4.74. The number of rotatable bonds is 5. The van der Waals surface area contributed by atoms with Crippen molar-refractivity contribution in [3.8, 4) is 0 Å². The standard InChI is InChI=1S/C14H18ClN3O2S/c1-3-11-8-12(18(4-2)17-11)9-21(19,20)14-6-5-10(15)7-13(14)16/h5-8H,3-4,9,16H2,1-2H3. The van der Waals surface area contributed by atoms with Crippen LogP contribution in [0.15, 0.2) is 29.2 Å². The van der Waals surface area contributed by atoms with E-state index in [-0.39, 0.29) is 16.3 Å². The molecular formula is C14H18ClN3O2S. The highest BCUT2D eigenvalue weighted by atomic mass is 35.5. The van der Waals surface area contributed by atoms with Gasteiger partial charge in [-0.2, -0.15) is 5.10 Å². The molecule has 0 aliphatic heterocycles. The number of sulfone groups is 1. The fourth-order valence-electron chi connectivity index (χ4n) is 2.15. The summed E-state index contributed by atoms with van der Waals surface area (Å²) in [5, 5.41) is 4.78. The molecule has 0 saturated carbocycles. The molecule has 0 aliphatic carbocycles. The normalized spacial score (nSPS) is 11.8. The van der Waals surface area contributed by atoms with Gasteiger partial charge in [-0.25, -0.2) is 8.42 Å². The molecule has 0 fully saturated rings. The molecule has 0 spiro atoms. The van der Waals surface area contributed by atoms with Crippen molar-refractivity contribution >= 4 is 27.1 Å². The average molecular weight is 328 g/mol. The Balaban J connectivity index is 2.39. The Morgan fingerprint density at radius 1 is 1.29 bits per heavy atom. The fourth-order valence-corrected chi connectivity index (χ4v) is 3.80. The van der Waals surface area contributed by atoms with Crippen LogP contribution in [0.3, 0.4) is 0 Å². The molecule has 0 saturated heterocycles. The molecule has 0 radical (unpaired) electrons. The molecule has 0 bridgehead atoms. The molecule has 0 atom stereocenters. The quantitative estimate of drug-likeness (QED) is 0.856. The van der Waals surface area contributed by atoms with Crippen LogP contribution >= 0.6 is 11.6 Å². The van der Waals surface area contributed by atoms with Gasteiger partial charge in [0.1, 0.15) is 0 Å². The molecule has 1 aromatic heterocycles. The highest BCUT2D eigenvalue weighted by molar-refractivity contribution is 7.90. The van der Waals surface area contributed by atoms with E-state index in [0.29, 0.717) is 17.3 Å². The first-order valence-corrected chi connectivity index (χ1v) is 8.73. The zero-order chi connectivity index (χ0) is 15.6. The van der Waals surface area contributed by atoms with E-state index in [9.17, 15) is 8.42 Å². The number of nitrogens with zero attached hydrogens (tertiary/aromatic N) is 2. The Bertz CT molecular complexity index is 754. The Kier molecular flexibility index (Phi) is 4.58. The van der Waals surface area contributed by atoms with Crippen LogP contribution in [-0.2, 0) is 28.6 Å². The Morgan fingerprint density at radius 2 is 2.00 bits per heavy atom. The van der Waals surface area contributed by atoms with Gasteiger partial charge in [0.25, 0.3) is 0 Å². The number of nitrogen functional groups attached to an aromatic ring is 1. The first-order chi connectivity index (χ1) is 9.87. The Morgan fingerprint density at radius 3 is 2.57 bits per heavy atom. The van der Waals surface area contributed by atoms with E-state index in [1.54, 1.807) is 4.68 Å². The number of aryl methyl sites for hydroxylation is 2. The molecule has 1 aromatic carbocycles. The minimum atomic E-state index is -3.53. The van der Waals surface area contributed by atoms with Crippen molar-refractivity contribution in [2.24, 2.45) is 0 Å². The molecule has 2 aromatic rings. The number of anilines is 1. The fraction of sp³-hybridized carbons (Fsp3) is 0.357. The maximum Gasteiger partial charge on any atom is 0.186 e. The molecule has 114 valence electrons. The third kappa shape index (κ3) is 3.39. The lowest BCUT2D eigenvalue weighted by Crippen LogP contribution is -2.12. The molecule has 1 heterocycles. The molecule has 7 heteroatoms. The van der Waals surface area contributed by atoms with E-state index in [1.807, 2.05) is 19.9 Å². The molecule has 21 heavy (non-hydrogen) atoms. The van der Waals surface area contributed by atoms with Gasteiger partial charge in [-0.05, 0) is 37.6 Å². The third-order valence-corrected chi connectivity index (χ3v) is 5.17. The van der Waals surface area contributed by atoms with E-state index in [1.165, 1.54) is 18.2 Å². The van der Waals surface area contributed by atoms with E-state index in [0.717, 1.165) is 12.1 Å². The van der Waals surface area contributed by atoms with Crippen molar-refractivity contribution in [3.05, 3.63) is 40.7 Å². The van der Waals surface area contributed by atoms with E-state index in [4.69, 9.17) is 17.3 Å². The molecule has 2 rings (SSSR count). The minimum absolute atomic E-state index is 0.105. The van der Waals surface area contributed by atoms with Crippen LogP contribution in [0.5, 0.6) is 0 Å². The lowest BCUT2D eigenvalue weighted by molar-refractivity contribution is 0.585. The van der Waals surface area contributed by atoms with E-state index in [2.05, 4.69) is 5.10 Å². The predicted octanol–water partition coefficient (Wildman–Crippen LogP) is 2.67. The maximum absolute atomic E-state index is 12.5. The van der Waals surface area contributed by atoms with Gasteiger partial charge in [0.15, 0.2) is 9.84 Å². The summed E-state index contributed by atoms with van der Waals surface area (Å²) >= 11 is 5.81. The van der Waals surface area contributed by atoms with Crippen molar-refractivity contribution in [1.29, 1.82) is 0 Å². The number of aromatic nitrogens is 2. The lowest BCUT2D eigenvalue weighted by Gasteiger charge is -2.09. The van der Waals surface area contributed by atoms with Crippen LogP contribution in [0.25, 0.3) is 0 Å². The van der Waals surface area contributed by atoms with Gasteiger partial charge >= 0.3 is 0 Å². The minimum Gasteiger partial charge on any atom is -0.398 e. The van der Waals surface area contributed by atoms with Gasteiger partial charge < -0.3 is 5.73 Å². The van der Waals surface area contributed by atoms with Gasteiger partial charge in [0.2, 0.25) is 0 Å². The van der Waals surface area contributed by atoms with Gasteiger partial charge in [-0.15, -0.1) is 0 Å². The molecule has 5 nitrogen and oxygen atoms in total. The van der Waals surface area contributed by atoms with Crippen molar-refractivity contribution in [1.82, 2.24) is 9.78 Å². The predicted molar refractivity (Wildman–Crippen MR) is 84.0 cm³/mol. The summed E-state index contributed by atoms with van der Waals surface area (Å²) in [4.78, 5) is 0.105. The SMILES string of the molecule is CCc1cc(CS(=O)(=O)c2ccc(Cl)cc2N)n(CC)n1. The molecule has 2 N–H and O–H groups in total. The van der Waals surface area contributed by atoms with Gasteiger partial charge in [0.05, 0.1) is 27.7 Å². The second kappa shape index (κ2) is 6.07. The van der Waals surface area contributed by atoms with Crippen LogP contribution in [0.2, 0.25) is 5.02 Å². The molecule has 0 aliphatic rings. The molecule has 0 unspecified atom stereocenters. The average Bonchev–Trinajstić information content (AvgIpc) is 2.79. The zero-order valence-corrected chi connectivity index (χ0v) is 13.6. The summed E-state index contributed by atoms with van der Waals surface area (Å²) in [6, 6.07) is 6.25. The van der Waals surface area contributed by atoms with Gasteiger partial charge in [0, 0.05) is 11.6 Å². The number of halogens is 1. The highest BCUT2D eigenvalue weighted by Gasteiger charge is 2.21. The van der Waals surface area contributed by atoms with Crippen LogP contribution in [0.4, 0.5) is 5.69 Å². The summed E-state index contributed by atoms with van der Waals surface area (Å²) in [5.74, 6) is -0.125. The summed E-state index contributed by atoms with van der Waals surface area (Å²) in [7, 11) is -3.53. The largest absolute Gasteiger partial charge is 0.398 e. The topological polar surface area (TPSA) is 78.0 Å². The third-order valence-electron chi connectivity index (χ3n) is 3.22. The van der Waals surface area contributed by atoms with Crippen LogP contribution in [0.1, 0.15) is 25.2 Å².